The fourth-order valence-electron chi connectivity index (χ4n) is 2.05. The first-order chi connectivity index (χ1) is 12.6. The Morgan fingerprint density at radius 3 is 2.48 bits per heavy atom. The van der Waals surface area contributed by atoms with Crippen LogP contribution in [0.15, 0.2) is 36.4 Å². The first-order valence-electron chi connectivity index (χ1n) is 7.19. The molecule has 0 amide bonds. The molecule has 7 nitrogen and oxygen atoms in total. The van der Waals surface area contributed by atoms with Gasteiger partial charge in [0.15, 0.2) is 0 Å². The molecule has 0 aliphatic carbocycles. The highest BCUT2D eigenvalue weighted by Gasteiger charge is 2.31. The summed E-state index contributed by atoms with van der Waals surface area (Å²) in [7, 11) is 0. The van der Waals surface area contributed by atoms with E-state index in [-0.39, 0.29) is 34.4 Å². The number of carboxylic acid groups (broad SMARTS) is 1. The maximum Gasteiger partial charge on any atom is 0.416 e. The monoisotopic (exact) mass is 405 g/mol. The van der Waals surface area contributed by atoms with Crippen molar-refractivity contribution in [3.8, 4) is 11.5 Å². The number of halogens is 4. The lowest BCUT2D eigenvalue weighted by Crippen LogP contribution is -2.07. The first-order valence-corrected chi connectivity index (χ1v) is 7.57. The van der Waals surface area contributed by atoms with Crippen LogP contribution in [0.5, 0.6) is 11.5 Å². The molecular formula is C16H11ClF3NO6. The van der Waals surface area contributed by atoms with Crippen LogP contribution in [0.4, 0.5) is 18.9 Å². The molecule has 0 radical (unpaired) electrons. The van der Waals surface area contributed by atoms with E-state index in [0.29, 0.717) is 6.07 Å². The molecule has 2 aromatic rings. The van der Waals surface area contributed by atoms with Gasteiger partial charge in [-0.05, 0) is 30.3 Å². The van der Waals surface area contributed by atoms with Gasteiger partial charge in [-0.15, -0.1) is 0 Å². The highest BCUT2D eigenvalue weighted by Crippen LogP contribution is 2.37. The number of ether oxygens (including phenoxy) is 2. The number of nitro groups is 1. The predicted molar refractivity (Wildman–Crippen MR) is 86.9 cm³/mol. The number of nitro benzene ring substituents is 1. The molecular weight excluding hydrogens is 395 g/mol. The minimum atomic E-state index is -4.57. The molecule has 0 saturated heterocycles. The highest BCUT2D eigenvalue weighted by atomic mass is 35.5. The highest BCUT2D eigenvalue weighted by molar-refractivity contribution is 6.32. The van der Waals surface area contributed by atoms with E-state index in [2.05, 4.69) is 0 Å². The second kappa shape index (κ2) is 8.23. The Balaban J connectivity index is 2.26. The van der Waals surface area contributed by atoms with Gasteiger partial charge < -0.3 is 14.6 Å². The molecule has 0 aliphatic heterocycles. The Bertz CT molecular complexity index is 872. The second-order valence-electron chi connectivity index (χ2n) is 5.18. The van der Waals surface area contributed by atoms with Crippen molar-refractivity contribution in [3.63, 3.8) is 0 Å². The third-order valence-corrected chi connectivity index (χ3v) is 3.51. The fraction of sp³-hybridized carbons (Fsp3) is 0.188. The standard InChI is InChI=1S/C16H11ClF3NO6/c17-12-6-10(16(18,19)20)1-4-14(12)27-11-2-3-13(21(24)25)9(5-11)7-26-8-15(22)23/h1-6H,7-8H2,(H,22,23). The summed E-state index contributed by atoms with van der Waals surface area (Å²) >= 11 is 5.80. The minimum Gasteiger partial charge on any atom is -0.480 e. The van der Waals surface area contributed by atoms with Crippen LogP contribution in [0.1, 0.15) is 11.1 Å². The average molecular weight is 406 g/mol. The topological polar surface area (TPSA) is 98.9 Å². The van der Waals surface area contributed by atoms with Gasteiger partial charge in [0.1, 0.15) is 18.1 Å². The zero-order chi connectivity index (χ0) is 20.2. The quantitative estimate of drug-likeness (QED) is 0.531. The van der Waals surface area contributed by atoms with Crippen molar-refractivity contribution < 1.29 is 37.5 Å². The summed E-state index contributed by atoms with van der Waals surface area (Å²) in [6.07, 6.45) is -4.57. The van der Waals surface area contributed by atoms with E-state index in [1.807, 2.05) is 0 Å². The Morgan fingerprint density at radius 1 is 1.22 bits per heavy atom. The first kappa shape index (κ1) is 20.5. The van der Waals surface area contributed by atoms with Gasteiger partial charge in [0.25, 0.3) is 5.69 Å². The summed E-state index contributed by atoms with van der Waals surface area (Å²) in [5.74, 6) is -1.28. The molecule has 27 heavy (non-hydrogen) atoms. The minimum absolute atomic E-state index is 0.0294. The Labute approximate surface area is 155 Å². The molecule has 11 heteroatoms. The number of carbonyl (C=O) groups is 1. The van der Waals surface area contributed by atoms with E-state index in [4.69, 9.17) is 26.2 Å². The summed E-state index contributed by atoms with van der Waals surface area (Å²) in [5.41, 5.74) is -1.25. The SMILES string of the molecule is O=C(O)COCc1cc(Oc2ccc(C(F)(F)F)cc2Cl)ccc1[N+](=O)[O-]. The summed E-state index contributed by atoms with van der Waals surface area (Å²) < 4.78 is 48.2. The zero-order valence-corrected chi connectivity index (χ0v) is 14.1. The summed E-state index contributed by atoms with van der Waals surface area (Å²) in [6.45, 7) is -1.03. The van der Waals surface area contributed by atoms with E-state index in [9.17, 15) is 28.1 Å². The van der Waals surface area contributed by atoms with Gasteiger partial charge in [-0.3, -0.25) is 10.1 Å². The van der Waals surface area contributed by atoms with Crippen molar-refractivity contribution in [2.75, 3.05) is 6.61 Å². The lowest BCUT2D eigenvalue weighted by molar-refractivity contribution is -0.386. The van der Waals surface area contributed by atoms with Gasteiger partial charge in [-0.1, -0.05) is 11.6 Å². The van der Waals surface area contributed by atoms with Crippen LogP contribution in [0.3, 0.4) is 0 Å². The number of rotatable bonds is 7. The molecule has 0 unspecified atom stereocenters. The Kier molecular flexibility index (Phi) is 6.24. The molecule has 0 spiro atoms. The molecule has 1 N–H and O–H groups in total. The van der Waals surface area contributed by atoms with Crippen molar-refractivity contribution in [3.05, 3.63) is 62.7 Å². The van der Waals surface area contributed by atoms with E-state index in [1.165, 1.54) is 12.1 Å². The van der Waals surface area contributed by atoms with Crippen LogP contribution < -0.4 is 4.74 Å². The molecule has 0 fully saturated rings. The number of alkyl halides is 3. The molecule has 0 heterocycles. The van der Waals surface area contributed by atoms with Gasteiger partial charge in [-0.2, -0.15) is 13.2 Å². The van der Waals surface area contributed by atoms with Crippen molar-refractivity contribution in [2.24, 2.45) is 0 Å². The van der Waals surface area contributed by atoms with E-state index in [1.54, 1.807) is 0 Å². The van der Waals surface area contributed by atoms with E-state index >= 15 is 0 Å². The third-order valence-electron chi connectivity index (χ3n) is 3.22. The van der Waals surface area contributed by atoms with Crippen LogP contribution in [-0.2, 0) is 22.3 Å². The fourth-order valence-corrected chi connectivity index (χ4v) is 2.27. The lowest BCUT2D eigenvalue weighted by atomic mass is 10.1. The molecule has 0 aliphatic rings. The van der Waals surface area contributed by atoms with E-state index in [0.717, 1.165) is 18.2 Å². The molecule has 144 valence electrons. The average Bonchev–Trinajstić information content (AvgIpc) is 2.55. The number of nitrogens with zero attached hydrogens (tertiary/aromatic N) is 1. The van der Waals surface area contributed by atoms with Gasteiger partial charge in [0, 0.05) is 6.07 Å². The second-order valence-corrected chi connectivity index (χ2v) is 5.59. The number of carboxylic acids is 1. The number of aliphatic carboxylic acids is 1. The van der Waals surface area contributed by atoms with Crippen molar-refractivity contribution in [1.82, 2.24) is 0 Å². The maximum atomic E-state index is 12.7. The molecule has 2 aromatic carbocycles. The molecule has 2 rings (SSSR count). The molecule has 0 atom stereocenters. The van der Waals surface area contributed by atoms with Crippen LogP contribution in [0.2, 0.25) is 5.02 Å². The smallest absolute Gasteiger partial charge is 0.416 e. The maximum absolute atomic E-state index is 12.7. The summed E-state index contributed by atoms with van der Waals surface area (Å²) in [4.78, 5) is 20.8. The Hall–Kier alpha value is -2.85. The lowest BCUT2D eigenvalue weighted by Gasteiger charge is -2.12. The summed E-state index contributed by atoms with van der Waals surface area (Å²) in [6, 6.07) is 6.05. The van der Waals surface area contributed by atoms with E-state index < -0.39 is 29.2 Å². The number of hydrogen-bond donors (Lipinski definition) is 1. The Morgan fingerprint density at radius 2 is 1.93 bits per heavy atom. The van der Waals surface area contributed by atoms with Crippen LogP contribution in [-0.4, -0.2) is 22.6 Å². The van der Waals surface area contributed by atoms with Crippen LogP contribution in [0, 0.1) is 10.1 Å². The van der Waals surface area contributed by atoms with Gasteiger partial charge in [0.2, 0.25) is 0 Å². The summed E-state index contributed by atoms with van der Waals surface area (Å²) in [5, 5.41) is 19.3. The predicted octanol–water partition coefficient (Wildman–Crippen LogP) is 4.66. The molecule has 0 saturated carbocycles. The molecule has 0 bridgehead atoms. The van der Waals surface area contributed by atoms with Gasteiger partial charge in [0.05, 0.1) is 27.7 Å². The largest absolute Gasteiger partial charge is 0.480 e. The third kappa shape index (κ3) is 5.56. The number of benzene rings is 2. The van der Waals surface area contributed by atoms with Crippen molar-refractivity contribution in [2.45, 2.75) is 12.8 Å². The zero-order valence-electron chi connectivity index (χ0n) is 13.3. The number of hydrogen-bond acceptors (Lipinski definition) is 5. The van der Waals surface area contributed by atoms with Gasteiger partial charge >= 0.3 is 12.1 Å². The van der Waals surface area contributed by atoms with Crippen molar-refractivity contribution in [1.29, 1.82) is 0 Å². The van der Waals surface area contributed by atoms with Crippen molar-refractivity contribution >= 4 is 23.3 Å². The molecule has 0 aromatic heterocycles. The van der Waals surface area contributed by atoms with Crippen LogP contribution >= 0.6 is 11.6 Å². The van der Waals surface area contributed by atoms with Crippen LogP contribution in [0.25, 0.3) is 0 Å². The normalized spacial score (nSPS) is 11.3. The van der Waals surface area contributed by atoms with Gasteiger partial charge in [-0.25, -0.2) is 4.79 Å².